The average molecular weight is 462 g/mol. The minimum atomic E-state index is -0.544. The first-order valence-electron chi connectivity index (χ1n) is 9.21. The van der Waals surface area contributed by atoms with Crippen LogP contribution in [-0.2, 0) is 9.53 Å². The van der Waals surface area contributed by atoms with Crippen LogP contribution in [0.3, 0.4) is 0 Å². The quantitative estimate of drug-likeness (QED) is 0.542. The molecule has 29 heavy (non-hydrogen) atoms. The lowest BCUT2D eigenvalue weighted by atomic mass is 10.2. The summed E-state index contributed by atoms with van der Waals surface area (Å²) in [6.07, 6.45) is -0.422. The molecule has 2 rings (SSSR count). The summed E-state index contributed by atoms with van der Waals surface area (Å²) in [5.41, 5.74) is 1.58. The molecule has 0 aromatic heterocycles. The third kappa shape index (κ3) is 8.35. The van der Waals surface area contributed by atoms with Crippen molar-refractivity contribution in [3.05, 3.63) is 58.6 Å². The Morgan fingerprint density at radius 1 is 1.00 bits per heavy atom. The first-order valence-corrected chi connectivity index (χ1v) is 10.00. The van der Waals surface area contributed by atoms with Gasteiger partial charge in [0.15, 0.2) is 0 Å². The van der Waals surface area contributed by atoms with Gasteiger partial charge in [0.2, 0.25) is 5.91 Å². The topological polar surface area (TPSA) is 96.5 Å². The highest BCUT2D eigenvalue weighted by Crippen LogP contribution is 2.16. The lowest BCUT2D eigenvalue weighted by Gasteiger charge is -2.11. The molecule has 3 amide bonds. The van der Waals surface area contributed by atoms with Crippen LogP contribution in [0.5, 0.6) is 0 Å². The number of anilines is 2. The minimum absolute atomic E-state index is 0.121. The molecule has 0 heterocycles. The Hall–Kier alpha value is -2.87. The Bertz CT molecular complexity index is 853. The number of carbonyl (C=O) groups is 3. The van der Waals surface area contributed by atoms with Gasteiger partial charge in [-0.1, -0.05) is 35.8 Å². The van der Waals surface area contributed by atoms with Crippen LogP contribution < -0.4 is 16.0 Å². The molecule has 2 aromatic carbocycles. The Kier molecular flexibility index (Phi) is 8.67. The van der Waals surface area contributed by atoms with E-state index in [1.54, 1.807) is 48.5 Å². The summed E-state index contributed by atoms with van der Waals surface area (Å²) in [6.45, 7) is 4.43. The van der Waals surface area contributed by atoms with Crippen molar-refractivity contribution in [2.24, 2.45) is 5.92 Å². The van der Waals surface area contributed by atoms with Crippen LogP contribution in [-0.4, -0.2) is 31.1 Å². The number of amides is 3. The number of benzene rings is 2. The fraction of sp³-hybridized carbons (Fsp3) is 0.286. The largest absolute Gasteiger partial charge is 0.449 e. The van der Waals surface area contributed by atoms with E-state index < -0.39 is 6.09 Å². The van der Waals surface area contributed by atoms with Crippen LogP contribution >= 0.6 is 15.9 Å². The molecule has 0 atom stereocenters. The smallest absolute Gasteiger partial charge is 0.411 e. The van der Waals surface area contributed by atoms with Gasteiger partial charge in [0.1, 0.15) is 0 Å². The molecule has 7 nitrogen and oxygen atoms in total. The van der Waals surface area contributed by atoms with Gasteiger partial charge in [-0.15, -0.1) is 0 Å². The van der Waals surface area contributed by atoms with E-state index in [1.165, 1.54) is 0 Å². The molecule has 2 aromatic rings. The van der Waals surface area contributed by atoms with Gasteiger partial charge in [0, 0.05) is 34.4 Å². The van der Waals surface area contributed by atoms with Crippen molar-refractivity contribution in [1.82, 2.24) is 5.32 Å². The number of hydrogen-bond acceptors (Lipinski definition) is 4. The highest BCUT2D eigenvalue weighted by atomic mass is 79.9. The van der Waals surface area contributed by atoms with E-state index in [-0.39, 0.29) is 30.7 Å². The summed E-state index contributed by atoms with van der Waals surface area (Å²) >= 11 is 3.31. The van der Waals surface area contributed by atoms with Crippen LogP contribution in [0.2, 0.25) is 0 Å². The zero-order chi connectivity index (χ0) is 21.2. The standard InChI is InChI=1S/C21H24BrN3O4/c1-14(2)13-29-21(28)25-18-5-3-4-17(12-18)24-19(26)10-11-23-20(27)15-6-8-16(22)9-7-15/h3-9,12,14H,10-11,13H2,1-2H3,(H,23,27)(H,24,26)(H,25,28). The lowest BCUT2D eigenvalue weighted by Crippen LogP contribution is -2.27. The van der Waals surface area contributed by atoms with Gasteiger partial charge < -0.3 is 15.4 Å². The van der Waals surface area contributed by atoms with Gasteiger partial charge in [-0.2, -0.15) is 0 Å². The normalized spacial score (nSPS) is 10.3. The molecule has 0 aliphatic rings. The van der Waals surface area contributed by atoms with E-state index in [0.717, 1.165) is 4.47 Å². The van der Waals surface area contributed by atoms with Crippen molar-refractivity contribution < 1.29 is 19.1 Å². The third-order valence-corrected chi connectivity index (χ3v) is 4.21. The number of rotatable bonds is 8. The summed E-state index contributed by atoms with van der Waals surface area (Å²) in [6, 6.07) is 13.7. The summed E-state index contributed by atoms with van der Waals surface area (Å²) in [7, 11) is 0. The second-order valence-electron chi connectivity index (χ2n) is 6.76. The molecule has 0 saturated heterocycles. The zero-order valence-corrected chi connectivity index (χ0v) is 17.9. The lowest BCUT2D eigenvalue weighted by molar-refractivity contribution is -0.116. The molecule has 154 valence electrons. The molecule has 0 spiro atoms. The Balaban J connectivity index is 1.77. The molecular formula is C21H24BrN3O4. The van der Waals surface area contributed by atoms with Crippen molar-refractivity contribution >= 4 is 45.2 Å². The predicted molar refractivity (Wildman–Crippen MR) is 116 cm³/mol. The highest BCUT2D eigenvalue weighted by molar-refractivity contribution is 9.10. The van der Waals surface area contributed by atoms with Gasteiger partial charge >= 0.3 is 6.09 Å². The molecule has 0 saturated carbocycles. The minimum Gasteiger partial charge on any atom is -0.449 e. The van der Waals surface area contributed by atoms with Crippen molar-refractivity contribution in [2.75, 3.05) is 23.8 Å². The molecule has 3 N–H and O–H groups in total. The number of ether oxygens (including phenoxy) is 1. The van der Waals surface area contributed by atoms with Crippen molar-refractivity contribution in [1.29, 1.82) is 0 Å². The fourth-order valence-electron chi connectivity index (χ4n) is 2.29. The van der Waals surface area contributed by atoms with Gasteiger partial charge in [-0.25, -0.2) is 4.79 Å². The van der Waals surface area contributed by atoms with Crippen molar-refractivity contribution in [3.63, 3.8) is 0 Å². The summed E-state index contributed by atoms with van der Waals surface area (Å²) in [4.78, 5) is 35.9. The molecule has 0 aliphatic carbocycles. The maximum Gasteiger partial charge on any atom is 0.411 e. The summed E-state index contributed by atoms with van der Waals surface area (Å²) in [5, 5.41) is 8.06. The van der Waals surface area contributed by atoms with Crippen LogP contribution in [0.4, 0.5) is 16.2 Å². The van der Waals surface area contributed by atoms with Gasteiger partial charge in [0.05, 0.1) is 6.61 Å². The second-order valence-corrected chi connectivity index (χ2v) is 7.67. The van der Waals surface area contributed by atoms with Crippen LogP contribution in [0.25, 0.3) is 0 Å². The zero-order valence-electron chi connectivity index (χ0n) is 16.3. The maximum atomic E-state index is 12.1. The Morgan fingerprint density at radius 3 is 2.31 bits per heavy atom. The Labute approximate surface area is 178 Å². The van der Waals surface area contributed by atoms with Gasteiger partial charge in [-0.05, 0) is 48.4 Å². The fourth-order valence-corrected chi connectivity index (χ4v) is 2.55. The number of halogens is 1. The SMILES string of the molecule is CC(C)COC(=O)Nc1cccc(NC(=O)CCNC(=O)c2ccc(Br)cc2)c1. The van der Waals surface area contributed by atoms with Gasteiger partial charge in [0.25, 0.3) is 5.91 Å². The molecular weight excluding hydrogens is 438 g/mol. The predicted octanol–water partition coefficient (Wildman–Crippen LogP) is 4.41. The third-order valence-electron chi connectivity index (χ3n) is 3.68. The van der Waals surface area contributed by atoms with Crippen molar-refractivity contribution in [3.8, 4) is 0 Å². The molecule has 0 fully saturated rings. The molecule has 8 heteroatoms. The van der Waals surface area contributed by atoms with Crippen LogP contribution in [0.15, 0.2) is 53.0 Å². The average Bonchev–Trinajstić information content (AvgIpc) is 2.67. The summed E-state index contributed by atoms with van der Waals surface area (Å²) in [5.74, 6) is -0.243. The van der Waals surface area contributed by atoms with Crippen LogP contribution in [0, 0.1) is 5.92 Å². The maximum absolute atomic E-state index is 12.1. The molecule has 0 bridgehead atoms. The number of hydrogen-bond donors (Lipinski definition) is 3. The Morgan fingerprint density at radius 2 is 1.66 bits per heavy atom. The van der Waals surface area contributed by atoms with E-state index in [9.17, 15) is 14.4 Å². The van der Waals surface area contributed by atoms with E-state index >= 15 is 0 Å². The first kappa shape index (κ1) is 22.4. The van der Waals surface area contributed by atoms with E-state index in [2.05, 4.69) is 31.9 Å². The van der Waals surface area contributed by atoms with Crippen LogP contribution in [0.1, 0.15) is 30.6 Å². The van der Waals surface area contributed by atoms with E-state index in [1.807, 2.05) is 13.8 Å². The molecule has 0 unspecified atom stereocenters. The monoisotopic (exact) mass is 461 g/mol. The highest BCUT2D eigenvalue weighted by Gasteiger charge is 2.09. The molecule has 0 radical (unpaired) electrons. The second kappa shape index (κ2) is 11.2. The van der Waals surface area contributed by atoms with E-state index in [0.29, 0.717) is 23.5 Å². The first-order chi connectivity index (χ1) is 13.8. The molecule has 0 aliphatic heterocycles. The van der Waals surface area contributed by atoms with Crippen molar-refractivity contribution in [2.45, 2.75) is 20.3 Å². The van der Waals surface area contributed by atoms with E-state index in [4.69, 9.17) is 4.74 Å². The number of carbonyl (C=O) groups excluding carboxylic acids is 3. The number of nitrogens with one attached hydrogen (secondary N) is 3. The van der Waals surface area contributed by atoms with Gasteiger partial charge in [-0.3, -0.25) is 14.9 Å². The summed E-state index contributed by atoms with van der Waals surface area (Å²) < 4.78 is 5.95.